The number of fused-ring (bicyclic) bond motifs is 1. The number of methoxy groups -OCH3 is 1. The molecule has 1 aromatic carbocycles. The molecule has 0 unspecified atom stereocenters. The fourth-order valence-corrected chi connectivity index (χ4v) is 1.56. The van der Waals surface area contributed by atoms with E-state index in [1.165, 1.54) is 0 Å². The van der Waals surface area contributed by atoms with Gasteiger partial charge in [-0.1, -0.05) is 5.16 Å². The highest BCUT2D eigenvalue weighted by Gasteiger charge is 2.26. The Morgan fingerprint density at radius 1 is 1.50 bits per heavy atom. The monoisotopic (exact) mass is 191 g/mol. The molecule has 0 saturated carbocycles. The molecule has 14 heavy (non-hydrogen) atoms. The minimum atomic E-state index is -0.204. The van der Waals surface area contributed by atoms with Gasteiger partial charge in [-0.25, -0.2) is 0 Å². The van der Waals surface area contributed by atoms with Gasteiger partial charge in [0, 0.05) is 12.0 Å². The van der Waals surface area contributed by atoms with Crippen molar-refractivity contribution >= 4 is 11.5 Å². The molecule has 0 aromatic heterocycles. The van der Waals surface area contributed by atoms with Crippen LogP contribution in [0.5, 0.6) is 5.75 Å². The van der Waals surface area contributed by atoms with Crippen LogP contribution in [0.1, 0.15) is 15.9 Å². The number of hydrogen-bond acceptors (Lipinski definition) is 4. The van der Waals surface area contributed by atoms with Gasteiger partial charge < -0.3 is 9.94 Å². The van der Waals surface area contributed by atoms with E-state index in [-0.39, 0.29) is 11.5 Å². The van der Waals surface area contributed by atoms with Crippen LogP contribution in [0.25, 0.3) is 0 Å². The van der Waals surface area contributed by atoms with Crippen molar-refractivity contribution < 1.29 is 14.7 Å². The van der Waals surface area contributed by atoms with Gasteiger partial charge in [0.1, 0.15) is 11.5 Å². The Balaban J connectivity index is 2.49. The summed E-state index contributed by atoms with van der Waals surface area (Å²) >= 11 is 0. The Morgan fingerprint density at radius 3 is 2.93 bits per heavy atom. The Labute approximate surface area is 80.8 Å². The van der Waals surface area contributed by atoms with E-state index in [9.17, 15) is 4.79 Å². The summed E-state index contributed by atoms with van der Waals surface area (Å²) in [6, 6.07) is 5.19. The van der Waals surface area contributed by atoms with Crippen LogP contribution >= 0.6 is 0 Å². The first-order valence-electron chi connectivity index (χ1n) is 4.19. The molecular weight excluding hydrogens is 182 g/mol. The fraction of sp³-hybridized carbons (Fsp3) is 0.200. The molecule has 0 bridgehead atoms. The molecule has 1 aliphatic carbocycles. The maximum absolute atomic E-state index is 11.5. The highest BCUT2D eigenvalue weighted by Crippen LogP contribution is 2.24. The zero-order valence-corrected chi connectivity index (χ0v) is 7.65. The van der Waals surface area contributed by atoms with Crippen molar-refractivity contribution in [1.82, 2.24) is 0 Å². The number of carbonyl (C=O) groups is 1. The average Bonchev–Trinajstić information content (AvgIpc) is 2.55. The van der Waals surface area contributed by atoms with Gasteiger partial charge in [0.2, 0.25) is 5.78 Å². The number of oxime groups is 1. The molecule has 0 atom stereocenters. The second kappa shape index (κ2) is 3.14. The van der Waals surface area contributed by atoms with Crippen molar-refractivity contribution in [3.63, 3.8) is 0 Å². The Kier molecular flexibility index (Phi) is 1.96. The van der Waals surface area contributed by atoms with Crippen molar-refractivity contribution in [1.29, 1.82) is 0 Å². The second-order valence-electron chi connectivity index (χ2n) is 3.08. The number of hydrogen-bond donors (Lipinski definition) is 1. The van der Waals surface area contributed by atoms with Gasteiger partial charge in [0.15, 0.2) is 0 Å². The third kappa shape index (κ3) is 1.16. The maximum Gasteiger partial charge on any atom is 0.211 e. The molecule has 0 amide bonds. The van der Waals surface area contributed by atoms with Crippen LogP contribution in [-0.2, 0) is 6.42 Å². The predicted octanol–water partition coefficient (Wildman–Crippen LogP) is 1.26. The lowest BCUT2D eigenvalue weighted by atomic mass is 10.1. The lowest BCUT2D eigenvalue weighted by Crippen LogP contribution is -2.06. The number of Topliss-reactive ketones (excluding diaryl/α,β-unsaturated/α-hetero) is 1. The van der Waals surface area contributed by atoms with E-state index in [1.807, 2.05) is 0 Å². The molecule has 1 aromatic rings. The number of rotatable bonds is 1. The standard InChI is InChI=1S/C10H9NO3/c1-14-7-2-3-8-6(4-7)5-9(11-13)10(8)12/h2-4,13H,5H2,1H3/b11-9+. The summed E-state index contributed by atoms with van der Waals surface area (Å²) < 4.78 is 5.03. The topological polar surface area (TPSA) is 58.9 Å². The molecular formula is C10H9NO3. The first-order valence-corrected chi connectivity index (χ1v) is 4.19. The largest absolute Gasteiger partial charge is 0.497 e. The van der Waals surface area contributed by atoms with Crippen LogP contribution < -0.4 is 4.74 Å². The van der Waals surface area contributed by atoms with Gasteiger partial charge in [-0.2, -0.15) is 0 Å². The van der Waals surface area contributed by atoms with E-state index < -0.39 is 0 Å². The summed E-state index contributed by atoms with van der Waals surface area (Å²) in [6.45, 7) is 0. The predicted molar refractivity (Wildman–Crippen MR) is 50.3 cm³/mol. The van der Waals surface area contributed by atoms with E-state index in [1.54, 1.807) is 25.3 Å². The van der Waals surface area contributed by atoms with Crippen LogP contribution in [0.3, 0.4) is 0 Å². The summed E-state index contributed by atoms with van der Waals surface area (Å²) in [5.41, 5.74) is 1.63. The molecule has 0 fully saturated rings. The second-order valence-corrected chi connectivity index (χ2v) is 3.08. The summed E-state index contributed by atoms with van der Waals surface area (Å²) in [7, 11) is 1.57. The first-order chi connectivity index (χ1) is 6.76. The minimum Gasteiger partial charge on any atom is -0.497 e. The Bertz CT molecular complexity index is 423. The lowest BCUT2D eigenvalue weighted by Gasteiger charge is -2.00. The molecule has 2 rings (SSSR count). The van der Waals surface area contributed by atoms with Crippen LogP contribution in [0.15, 0.2) is 23.4 Å². The van der Waals surface area contributed by atoms with Crippen LogP contribution in [0.4, 0.5) is 0 Å². The number of nitrogens with zero attached hydrogens (tertiary/aromatic N) is 1. The van der Waals surface area contributed by atoms with Gasteiger partial charge in [-0.05, 0) is 23.8 Å². The quantitative estimate of drug-likeness (QED) is 0.537. The fourth-order valence-electron chi connectivity index (χ4n) is 1.56. The minimum absolute atomic E-state index is 0.188. The molecule has 0 aliphatic heterocycles. The number of carbonyl (C=O) groups excluding carboxylic acids is 1. The highest BCUT2D eigenvalue weighted by molar-refractivity contribution is 6.49. The average molecular weight is 191 g/mol. The first kappa shape index (κ1) is 8.74. The molecule has 1 N–H and O–H groups in total. The number of benzene rings is 1. The molecule has 4 heteroatoms. The van der Waals surface area contributed by atoms with Crippen LogP contribution in [0.2, 0.25) is 0 Å². The van der Waals surface area contributed by atoms with Crippen molar-refractivity contribution in [2.45, 2.75) is 6.42 Å². The van der Waals surface area contributed by atoms with Gasteiger partial charge >= 0.3 is 0 Å². The zero-order chi connectivity index (χ0) is 10.1. The third-order valence-electron chi connectivity index (χ3n) is 2.30. The molecule has 0 spiro atoms. The Hall–Kier alpha value is -1.84. The van der Waals surface area contributed by atoms with E-state index in [2.05, 4.69) is 5.16 Å². The van der Waals surface area contributed by atoms with Crippen LogP contribution in [-0.4, -0.2) is 23.8 Å². The number of ether oxygens (including phenoxy) is 1. The molecule has 0 heterocycles. The number of ketones is 1. The summed E-state index contributed by atoms with van der Waals surface area (Å²) in [5.74, 6) is 0.501. The van der Waals surface area contributed by atoms with E-state index >= 15 is 0 Å². The van der Waals surface area contributed by atoms with E-state index in [0.29, 0.717) is 17.7 Å². The molecule has 0 saturated heterocycles. The molecule has 4 nitrogen and oxygen atoms in total. The van der Waals surface area contributed by atoms with Gasteiger partial charge in [0.05, 0.1) is 7.11 Å². The summed E-state index contributed by atoms with van der Waals surface area (Å²) in [6.07, 6.45) is 0.377. The maximum atomic E-state index is 11.5. The molecule has 72 valence electrons. The normalized spacial score (nSPS) is 17.2. The Morgan fingerprint density at radius 2 is 2.29 bits per heavy atom. The van der Waals surface area contributed by atoms with Gasteiger partial charge in [0.25, 0.3) is 0 Å². The van der Waals surface area contributed by atoms with Crippen molar-refractivity contribution in [2.24, 2.45) is 5.16 Å². The van der Waals surface area contributed by atoms with Crippen molar-refractivity contribution in [3.8, 4) is 5.75 Å². The van der Waals surface area contributed by atoms with E-state index in [4.69, 9.17) is 9.94 Å². The zero-order valence-electron chi connectivity index (χ0n) is 7.65. The smallest absolute Gasteiger partial charge is 0.211 e. The lowest BCUT2D eigenvalue weighted by molar-refractivity contribution is 0.106. The van der Waals surface area contributed by atoms with Crippen LogP contribution in [0, 0.1) is 0 Å². The highest BCUT2D eigenvalue weighted by atomic mass is 16.5. The summed E-state index contributed by atoms with van der Waals surface area (Å²) in [4.78, 5) is 11.5. The SMILES string of the molecule is COc1ccc2c(c1)C/C(=N\O)C2=O. The molecule has 0 radical (unpaired) electrons. The van der Waals surface area contributed by atoms with Gasteiger partial charge in [-0.15, -0.1) is 0 Å². The van der Waals surface area contributed by atoms with E-state index in [0.717, 1.165) is 5.56 Å². The van der Waals surface area contributed by atoms with Crippen molar-refractivity contribution in [2.75, 3.05) is 7.11 Å². The van der Waals surface area contributed by atoms with Crippen molar-refractivity contribution in [3.05, 3.63) is 29.3 Å². The molecule has 1 aliphatic rings. The third-order valence-corrected chi connectivity index (χ3v) is 2.30. The summed E-state index contributed by atoms with van der Waals surface area (Å²) in [5, 5.41) is 11.5. The van der Waals surface area contributed by atoms with Gasteiger partial charge in [-0.3, -0.25) is 4.79 Å².